The molecular formula is C11H16N2O2. The molecule has 1 aliphatic rings. The van der Waals surface area contributed by atoms with Gasteiger partial charge in [0.2, 0.25) is 5.88 Å². The predicted octanol–water partition coefficient (Wildman–Crippen LogP) is 1.69. The van der Waals surface area contributed by atoms with Crippen LogP contribution in [-0.2, 0) is 4.74 Å². The molecule has 1 aromatic heterocycles. The highest BCUT2D eigenvalue weighted by Crippen LogP contribution is 2.41. The van der Waals surface area contributed by atoms with Crippen molar-refractivity contribution in [2.45, 2.75) is 25.7 Å². The lowest BCUT2D eigenvalue weighted by molar-refractivity contribution is 0.143. The SMILES string of the molecule is COCCOc1ncnc(C2CC2)c1C. The van der Waals surface area contributed by atoms with Crippen molar-refractivity contribution in [3.8, 4) is 5.88 Å². The summed E-state index contributed by atoms with van der Waals surface area (Å²) in [6.07, 6.45) is 4.08. The normalized spacial score (nSPS) is 15.3. The molecule has 0 atom stereocenters. The first-order chi connectivity index (χ1) is 7.33. The van der Waals surface area contributed by atoms with Crippen LogP contribution >= 0.6 is 0 Å². The van der Waals surface area contributed by atoms with Crippen molar-refractivity contribution in [3.63, 3.8) is 0 Å². The van der Waals surface area contributed by atoms with Gasteiger partial charge < -0.3 is 9.47 Å². The Labute approximate surface area is 89.6 Å². The van der Waals surface area contributed by atoms with Gasteiger partial charge in [-0.2, -0.15) is 0 Å². The molecule has 82 valence electrons. The van der Waals surface area contributed by atoms with E-state index in [9.17, 15) is 0 Å². The van der Waals surface area contributed by atoms with Crippen LogP contribution < -0.4 is 4.74 Å². The molecule has 2 rings (SSSR count). The fraction of sp³-hybridized carbons (Fsp3) is 0.636. The average molecular weight is 208 g/mol. The van der Waals surface area contributed by atoms with E-state index in [2.05, 4.69) is 9.97 Å². The van der Waals surface area contributed by atoms with E-state index in [1.807, 2.05) is 6.92 Å². The molecule has 4 heteroatoms. The second-order valence-electron chi connectivity index (χ2n) is 3.80. The summed E-state index contributed by atoms with van der Waals surface area (Å²) in [5.74, 6) is 1.33. The first-order valence-electron chi connectivity index (χ1n) is 5.26. The molecule has 1 fully saturated rings. The number of nitrogens with zero attached hydrogens (tertiary/aromatic N) is 2. The zero-order chi connectivity index (χ0) is 10.7. The van der Waals surface area contributed by atoms with Gasteiger partial charge in [-0.3, -0.25) is 0 Å². The van der Waals surface area contributed by atoms with Crippen molar-refractivity contribution in [1.82, 2.24) is 9.97 Å². The maximum absolute atomic E-state index is 5.52. The van der Waals surface area contributed by atoms with Crippen LogP contribution in [0.3, 0.4) is 0 Å². The number of aromatic nitrogens is 2. The fourth-order valence-corrected chi connectivity index (χ4v) is 1.58. The van der Waals surface area contributed by atoms with Crippen molar-refractivity contribution >= 4 is 0 Å². The number of ether oxygens (including phenoxy) is 2. The van der Waals surface area contributed by atoms with E-state index in [4.69, 9.17) is 9.47 Å². The summed E-state index contributed by atoms with van der Waals surface area (Å²) in [4.78, 5) is 8.44. The van der Waals surface area contributed by atoms with E-state index >= 15 is 0 Å². The quantitative estimate of drug-likeness (QED) is 0.691. The molecule has 0 aromatic carbocycles. The lowest BCUT2D eigenvalue weighted by Crippen LogP contribution is -2.08. The van der Waals surface area contributed by atoms with Crippen molar-refractivity contribution in [1.29, 1.82) is 0 Å². The first-order valence-corrected chi connectivity index (χ1v) is 5.26. The van der Waals surface area contributed by atoms with Gasteiger partial charge in [-0.15, -0.1) is 0 Å². The second-order valence-corrected chi connectivity index (χ2v) is 3.80. The Morgan fingerprint density at radius 2 is 2.13 bits per heavy atom. The third-order valence-electron chi connectivity index (χ3n) is 2.57. The third kappa shape index (κ3) is 2.45. The molecule has 15 heavy (non-hydrogen) atoms. The van der Waals surface area contributed by atoms with Crippen molar-refractivity contribution in [2.24, 2.45) is 0 Å². The highest BCUT2D eigenvalue weighted by Gasteiger charge is 2.27. The first kappa shape index (κ1) is 10.4. The minimum atomic E-state index is 0.540. The fourth-order valence-electron chi connectivity index (χ4n) is 1.58. The van der Waals surface area contributed by atoms with E-state index < -0.39 is 0 Å². The summed E-state index contributed by atoms with van der Waals surface area (Å²) < 4.78 is 10.4. The Morgan fingerprint density at radius 1 is 1.33 bits per heavy atom. The summed E-state index contributed by atoms with van der Waals surface area (Å²) in [6.45, 7) is 3.15. The molecule has 1 aromatic rings. The third-order valence-corrected chi connectivity index (χ3v) is 2.57. The van der Waals surface area contributed by atoms with Gasteiger partial charge in [0.05, 0.1) is 12.3 Å². The largest absolute Gasteiger partial charge is 0.475 e. The van der Waals surface area contributed by atoms with E-state index in [1.165, 1.54) is 12.8 Å². The van der Waals surface area contributed by atoms with Crippen LogP contribution in [-0.4, -0.2) is 30.3 Å². The molecule has 0 radical (unpaired) electrons. The summed E-state index contributed by atoms with van der Waals surface area (Å²) in [5.41, 5.74) is 2.23. The van der Waals surface area contributed by atoms with Gasteiger partial charge in [-0.05, 0) is 19.8 Å². The van der Waals surface area contributed by atoms with Crippen LogP contribution in [0.25, 0.3) is 0 Å². The molecule has 0 saturated heterocycles. The zero-order valence-corrected chi connectivity index (χ0v) is 9.19. The van der Waals surface area contributed by atoms with Gasteiger partial charge in [0.25, 0.3) is 0 Å². The Hall–Kier alpha value is -1.16. The van der Waals surface area contributed by atoms with Gasteiger partial charge >= 0.3 is 0 Å². The number of hydrogen-bond donors (Lipinski definition) is 0. The minimum absolute atomic E-state index is 0.540. The Bertz CT molecular complexity index is 337. The maximum Gasteiger partial charge on any atom is 0.219 e. The van der Waals surface area contributed by atoms with Crippen LogP contribution in [0.2, 0.25) is 0 Å². The molecular weight excluding hydrogens is 192 g/mol. The van der Waals surface area contributed by atoms with E-state index in [0.717, 1.165) is 11.3 Å². The van der Waals surface area contributed by atoms with Crippen LogP contribution in [0.4, 0.5) is 0 Å². The molecule has 1 aliphatic carbocycles. The predicted molar refractivity (Wildman–Crippen MR) is 56.1 cm³/mol. The number of methoxy groups -OCH3 is 1. The van der Waals surface area contributed by atoms with Gasteiger partial charge in [0, 0.05) is 18.6 Å². The molecule has 0 spiro atoms. The molecule has 0 amide bonds. The molecule has 4 nitrogen and oxygen atoms in total. The summed E-state index contributed by atoms with van der Waals surface area (Å²) in [5, 5.41) is 0. The molecule has 1 heterocycles. The summed E-state index contributed by atoms with van der Waals surface area (Å²) in [7, 11) is 1.66. The zero-order valence-electron chi connectivity index (χ0n) is 9.19. The highest BCUT2D eigenvalue weighted by molar-refractivity contribution is 5.32. The van der Waals surface area contributed by atoms with Gasteiger partial charge in [0.1, 0.15) is 12.9 Å². The van der Waals surface area contributed by atoms with Gasteiger partial charge in [-0.1, -0.05) is 0 Å². The summed E-state index contributed by atoms with van der Waals surface area (Å²) in [6, 6.07) is 0. The molecule has 1 saturated carbocycles. The topological polar surface area (TPSA) is 44.2 Å². The highest BCUT2D eigenvalue weighted by atomic mass is 16.5. The molecule has 0 N–H and O–H groups in total. The molecule has 0 aliphatic heterocycles. The monoisotopic (exact) mass is 208 g/mol. The maximum atomic E-state index is 5.52. The Balaban J connectivity index is 2.06. The Kier molecular flexibility index (Phi) is 3.16. The van der Waals surface area contributed by atoms with Gasteiger partial charge in [-0.25, -0.2) is 9.97 Å². The standard InChI is InChI=1S/C11H16N2O2/c1-8-10(9-3-4-9)12-7-13-11(8)15-6-5-14-2/h7,9H,3-6H2,1-2H3. The van der Waals surface area contributed by atoms with Crippen molar-refractivity contribution < 1.29 is 9.47 Å². The Morgan fingerprint density at radius 3 is 2.80 bits per heavy atom. The van der Waals surface area contributed by atoms with Crippen LogP contribution in [0, 0.1) is 6.92 Å². The van der Waals surface area contributed by atoms with Crippen molar-refractivity contribution in [2.75, 3.05) is 20.3 Å². The summed E-state index contributed by atoms with van der Waals surface area (Å²) >= 11 is 0. The smallest absolute Gasteiger partial charge is 0.219 e. The van der Waals surface area contributed by atoms with E-state index in [1.54, 1.807) is 13.4 Å². The van der Waals surface area contributed by atoms with Crippen LogP contribution in [0.5, 0.6) is 5.88 Å². The van der Waals surface area contributed by atoms with Crippen LogP contribution in [0.1, 0.15) is 30.0 Å². The van der Waals surface area contributed by atoms with E-state index in [-0.39, 0.29) is 0 Å². The number of rotatable bonds is 5. The van der Waals surface area contributed by atoms with Crippen LogP contribution in [0.15, 0.2) is 6.33 Å². The van der Waals surface area contributed by atoms with Gasteiger partial charge in [0.15, 0.2) is 0 Å². The lowest BCUT2D eigenvalue weighted by Gasteiger charge is -2.09. The second kappa shape index (κ2) is 4.57. The minimum Gasteiger partial charge on any atom is -0.475 e. The lowest BCUT2D eigenvalue weighted by atomic mass is 10.2. The van der Waals surface area contributed by atoms with Crippen molar-refractivity contribution in [3.05, 3.63) is 17.6 Å². The number of hydrogen-bond acceptors (Lipinski definition) is 4. The van der Waals surface area contributed by atoms with E-state index in [0.29, 0.717) is 25.0 Å². The average Bonchev–Trinajstić information content (AvgIpc) is 3.05. The molecule has 0 unspecified atom stereocenters. The molecule has 0 bridgehead atoms.